The molecule has 3 heterocycles. The maximum atomic E-state index is 12.2. The molecule has 3 rings (SSSR count). The van der Waals surface area contributed by atoms with Crippen molar-refractivity contribution in [2.45, 2.75) is 26.4 Å². The van der Waals surface area contributed by atoms with Gasteiger partial charge in [0.1, 0.15) is 16.9 Å². The number of anilines is 1. The summed E-state index contributed by atoms with van der Waals surface area (Å²) in [4.78, 5) is 28.9. The Morgan fingerprint density at radius 2 is 1.88 bits per heavy atom. The van der Waals surface area contributed by atoms with Gasteiger partial charge in [0.15, 0.2) is 5.15 Å². The molecule has 0 aromatic carbocycles. The number of pyridine rings is 1. The van der Waals surface area contributed by atoms with E-state index < -0.39 is 5.60 Å². The highest BCUT2D eigenvalue weighted by Crippen LogP contribution is 2.30. The van der Waals surface area contributed by atoms with Crippen LogP contribution in [0.25, 0.3) is 10.9 Å². The first-order valence-corrected chi connectivity index (χ1v) is 8.75. The Bertz CT molecular complexity index is 816. The number of amides is 1. The average Bonchev–Trinajstić information content (AvgIpc) is 2.60. The molecule has 26 heavy (non-hydrogen) atoms. The van der Waals surface area contributed by atoms with E-state index in [0.717, 1.165) is 11.2 Å². The topological polar surface area (TPSA) is 80.7 Å². The van der Waals surface area contributed by atoms with Crippen molar-refractivity contribution < 1.29 is 14.3 Å². The molecule has 0 atom stereocenters. The lowest BCUT2D eigenvalue weighted by Gasteiger charge is -2.36. The van der Waals surface area contributed by atoms with E-state index in [-0.39, 0.29) is 12.1 Å². The Labute approximate surface area is 157 Å². The third-order valence-corrected chi connectivity index (χ3v) is 4.22. The molecule has 0 bridgehead atoms. The van der Waals surface area contributed by atoms with Gasteiger partial charge in [0, 0.05) is 37.8 Å². The zero-order chi connectivity index (χ0) is 18.9. The second-order valence-corrected chi connectivity index (χ2v) is 7.34. The fourth-order valence-electron chi connectivity index (χ4n) is 2.75. The SMILES string of the molecule is COc1nc(N2CCN(C(=O)OC(C)(C)C)CC2)c2ccnc(Cl)c2n1. The van der Waals surface area contributed by atoms with Gasteiger partial charge in [0.25, 0.3) is 0 Å². The number of aromatic nitrogens is 3. The summed E-state index contributed by atoms with van der Waals surface area (Å²) >= 11 is 6.18. The standard InChI is InChI=1S/C17H22ClN5O3/c1-17(2,3)26-16(24)23-9-7-22(8-10-23)14-11-5-6-19-13(18)12(11)20-15(21-14)25-4/h5-6H,7-10H2,1-4H3. The molecule has 8 nitrogen and oxygen atoms in total. The van der Waals surface area contributed by atoms with Gasteiger partial charge in [-0.05, 0) is 26.8 Å². The third-order valence-electron chi connectivity index (χ3n) is 3.94. The van der Waals surface area contributed by atoms with Crippen LogP contribution in [0, 0.1) is 0 Å². The molecule has 140 valence electrons. The summed E-state index contributed by atoms with van der Waals surface area (Å²) in [6, 6.07) is 2.06. The van der Waals surface area contributed by atoms with Gasteiger partial charge in [-0.25, -0.2) is 9.78 Å². The van der Waals surface area contributed by atoms with Gasteiger partial charge in [0.05, 0.1) is 7.11 Å². The molecule has 0 spiro atoms. The molecule has 0 aliphatic carbocycles. The van der Waals surface area contributed by atoms with Crippen molar-refractivity contribution >= 4 is 34.4 Å². The molecule has 2 aromatic heterocycles. The fraction of sp³-hybridized carbons (Fsp3) is 0.529. The minimum atomic E-state index is -0.506. The lowest BCUT2D eigenvalue weighted by atomic mass is 10.2. The van der Waals surface area contributed by atoms with Gasteiger partial charge in [-0.3, -0.25) is 0 Å². The predicted octanol–water partition coefficient (Wildman–Crippen LogP) is 2.74. The van der Waals surface area contributed by atoms with Crippen LogP contribution in [0.3, 0.4) is 0 Å². The van der Waals surface area contributed by atoms with Crippen molar-refractivity contribution in [3.05, 3.63) is 17.4 Å². The molecule has 2 aromatic rings. The highest BCUT2D eigenvalue weighted by molar-refractivity contribution is 6.34. The average molecular weight is 380 g/mol. The number of nitrogens with zero attached hydrogens (tertiary/aromatic N) is 5. The number of rotatable bonds is 2. The summed E-state index contributed by atoms with van der Waals surface area (Å²) in [5.74, 6) is 0.722. The van der Waals surface area contributed by atoms with Crippen LogP contribution in [0.1, 0.15) is 20.8 Å². The highest BCUT2D eigenvalue weighted by atomic mass is 35.5. The summed E-state index contributed by atoms with van der Waals surface area (Å²) in [6.07, 6.45) is 1.33. The van der Waals surface area contributed by atoms with E-state index in [1.54, 1.807) is 11.1 Å². The number of carbonyl (C=O) groups is 1. The van der Waals surface area contributed by atoms with Gasteiger partial charge in [-0.1, -0.05) is 11.6 Å². The number of fused-ring (bicyclic) bond motifs is 1. The second kappa shape index (κ2) is 7.11. The zero-order valence-corrected chi connectivity index (χ0v) is 16.1. The Balaban J connectivity index is 1.81. The van der Waals surface area contributed by atoms with Gasteiger partial charge in [0.2, 0.25) is 0 Å². The number of hydrogen-bond donors (Lipinski definition) is 0. The molecule has 1 fully saturated rings. The lowest BCUT2D eigenvalue weighted by Crippen LogP contribution is -2.50. The molecular formula is C17H22ClN5O3. The highest BCUT2D eigenvalue weighted by Gasteiger charge is 2.27. The van der Waals surface area contributed by atoms with E-state index in [4.69, 9.17) is 21.1 Å². The molecular weight excluding hydrogens is 358 g/mol. The molecule has 0 unspecified atom stereocenters. The van der Waals surface area contributed by atoms with Crippen LogP contribution in [0.5, 0.6) is 6.01 Å². The van der Waals surface area contributed by atoms with Crippen LogP contribution in [0.2, 0.25) is 5.15 Å². The van der Waals surface area contributed by atoms with Crippen molar-refractivity contribution in [3.63, 3.8) is 0 Å². The van der Waals surface area contributed by atoms with E-state index >= 15 is 0 Å². The van der Waals surface area contributed by atoms with Gasteiger partial charge < -0.3 is 19.3 Å². The monoisotopic (exact) mass is 379 g/mol. The molecule has 0 saturated carbocycles. The van der Waals surface area contributed by atoms with Crippen LogP contribution in [-0.2, 0) is 4.74 Å². The minimum absolute atomic E-state index is 0.233. The second-order valence-electron chi connectivity index (χ2n) is 6.99. The minimum Gasteiger partial charge on any atom is -0.467 e. The van der Waals surface area contributed by atoms with E-state index in [1.807, 2.05) is 26.8 Å². The number of ether oxygens (including phenoxy) is 2. The van der Waals surface area contributed by atoms with E-state index in [2.05, 4.69) is 19.9 Å². The third kappa shape index (κ3) is 3.90. The summed E-state index contributed by atoms with van der Waals surface area (Å²) in [6.45, 7) is 7.90. The molecule has 0 radical (unpaired) electrons. The molecule has 1 aliphatic rings. The largest absolute Gasteiger partial charge is 0.467 e. The molecule has 1 saturated heterocycles. The number of carbonyl (C=O) groups excluding carboxylic acids is 1. The van der Waals surface area contributed by atoms with E-state index in [0.29, 0.717) is 36.8 Å². The summed E-state index contributed by atoms with van der Waals surface area (Å²) in [7, 11) is 1.51. The van der Waals surface area contributed by atoms with Crippen molar-refractivity contribution in [3.8, 4) is 6.01 Å². The number of piperazine rings is 1. The molecule has 1 aliphatic heterocycles. The van der Waals surface area contributed by atoms with Gasteiger partial charge in [-0.15, -0.1) is 0 Å². The van der Waals surface area contributed by atoms with E-state index in [9.17, 15) is 4.79 Å². The normalized spacial score (nSPS) is 15.3. The maximum Gasteiger partial charge on any atom is 0.410 e. The quantitative estimate of drug-likeness (QED) is 0.742. The first-order valence-electron chi connectivity index (χ1n) is 8.37. The first kappa shape index (κ1) is 18.4. The Morgan fingerprint density at radius 3 is 2.50 bits per heavy atom. The molecule has 9 heteroatoms. The molecule has 1 amide bonds. The van der Waals surface area contributed by atoms with Gasteiger partial charge in [-0.2, -0.15) is 9.97 Å². The number of hydrogen-bond acceptors (Lipinski definition) is 7. The lowest BCUT2D eigenvalue weighted by molar-refractivity contribution is 0.0240. The molecule has 0 N–H and O–H groups in total. The van der Waals surface area contributed by atoms with Crippen LogP contribution < -0.4 is 9.64 Å². The summed E-state index contributed by atoms with van der Waals surface area (Å²) in [5.41, 5.74) is 0.0411. The first-order chi connectivity index (χ1) is 12.3. The Hall–Kier alpha value is -2.35. The van der Waals surface area contributed by atoms with E-state index in [1.165, 1.54) is 7.11 Å². The van der Waals surface area contributed by atoms with Gasteiger partial charge >= 0.3 is 12.1 Å². The fourth-order valence-corrected chi connectivity index (χ4v) is 2.95. The van der Waals surface area contributed by atoms with Crippen LogP contribution >= 0.6 is 11.6 Å². The van der Waals surface area contributed by atoms with Crippen LogP contribution in [0.4, 0.5) is 10.6 Å². The zero-order valence-electron chi connectivity index (χ0n) is 15.3. The van der Waals surface area contributed by atoms with Crippen molar-refractivity contribution in [2.75, 3.05) is 38.2 Å². The number of methoxy groups -OCH3 is 1. The number of halogens is 1. The summed E-state index contributed by atoms with van der Waals surface area (Å²) < 4.78 is 10.6. The van der Waals surface area contributed by atoms with Crippen molar-refractivity contribution in [1.82, 2.24) is 19.9 Å². The van der Waals surface area contributed by atoms with Crippen LogP contribution in [-0.4, -0.2) is 64.8 Å². The predicted molar refractivity (Wildman–Crippen MR) is 98.9 cm³/mol. The Kier molecular flexibility index (Phi) is 5.04. The van der Waals surface area contributed by atoms with Crippen LogP contribution in [0.15, 0.2) is 12.3 Å². The van der Waals surface area contributed by atoms with Crippen molar-refractivity contribution in [2.24, 2.45) is 0 Å². The van der Waals surface area contributed by atoms with Crippen molar-refractivity contribution in [1.29, 1.82) is 0 Å². The Morgan fingerprint density at radius 1 is 1.19 bits per heavy atom. The smallest absolute Gasteiger partial charge is 0.410 e. The maximum absolute atomic E-state index is 12.2. The summed E-state index contributed by atoms with van der Waals surface area (Å²) in [5, 5.41) is 1.10.